The van der Waals surface area contributed by atoms with Crippen molar-refractivity contribution in [2.24, 2.45) is 5.92 Å². The molecule has 2 rings (SSSR count). The molecule has 1 fully saturated rings. The van der Waals surface area contributed by atoms with E-state index in [0.29, 0.717) is 5.92 Å². The molecule has 0 amide bonds. The summed E-state index contributed by atoms with van der Waals surface area (Å²) in [7, 11) is 1.96. The van der Waals surface area contributed by atoms with Gasteiger partial charge in [0.15, 0.2) is 0 Å². The highest BCUT2D eigenvalue weighted by Crippen LogP contribution is 2.34. The van der Waals surface area contributed by atoms with E-state index < -0.39 is 0 Å². The van der Waals surface area contributed by atoms with Crippen LogP contribution >= 0.6 is 11.6 Å². The van der Waals surface area contributed by atoms with Gasteiger partial charge in [-0.15, -0.1) is 0 Å². The Morgan fingerprint density at radius 2 is 1.89 bits per heavy atom. The normalized spacial score (nSPS) is 19.5. The lowest BCUT2D eigenvalue weighted by atomic mass is 9.87. The lowest BCUT2D eigenvalue weighted by Gasteiger charge is -2.26. The minimum atomic E-state index is -0.317. The maximum absolute atomic E-state index is 13.6. The molecule has 18 heavy (non-hydrogen) atoms. The number of hydrogen-bond donors (Lipinski definition) is 1. The summed E-state index contributed by atoms with van der Waals surface area (Å²) >= 11 is 5.75. The molecule has 0 bridgehead atoms. The zero-order chi connectivity index (χ0) is 13.0. The fourth-order valence-electron chi connectivity index (χ4n) is 3.02. The van der Waals surface area contributed by atoms with E-state index in [1.54, 1.807) is 12.1 Å². The van der Waals surface area contributed by atoms with Crippen LogP contribution < -0.4 is 5.32 Å². The van der Waals surface area contributed by atoms with Crippen molar-refractivity contribution in [2.75, 3.05) is 7.05 Å². The van der Waals surface area contributed by atoms with E-state index in [9.17, 15) is 4.39 Å². The van der Waals surface area contributed by atoms with Crippen molar-refractivity contribution in [3.63, 3.8) is 0 Å². The second kappa shape index (κ2) is 6.53. The van der Waals surface area contributed by atoms with Gasteiger partial charge in [-0.3, -0.25) is 0 Å². The third-order valence-corrected chi connectivity index (χ3v) is 4.29. The monoisotopic (exact) mass is 269 g/mol. The summed E-state index contributed by atoms with van der Waals surface area (Å²) in [5, 5.41) is 3.56. The first kappa shape index (κ1) is 13.8. The zero-order valence-electron chi connectivity index (χ0n) is 10.9. The molecular formula is C15H21ClFN. The number of hydrogen-bond acceptors (Lipinski definition) is 1. The molecule has 1 nitrogen and oxygen atoms in total. The van der Waals surface area contributed by atoms with Crippen molar-refractivity contribution < 1.29 is 4.39 Å². The third kappa shape index (κ3) is 3.24. The van der Waals surface area contributed by atoms with Gasteiger partial charge >= 0.3 is 0 Å². The number of rotatable bonds is 3. The smallest absolute Gasteiger partial charge is 0.142 e. The van der Waals surface area contributed by atoms with E-state index in [1.807, 2.05) is 13.1 Å². The van der Waals surface area contributed by atoms with Crippen LogP contribution in [0, 0.1) is 11.7 Å². The minimum absolute atomic E-state index is 0.203. The maximum Gasteiger partial charge on any atom is 0.142 e. The summed E-state index contributed by atoms with van der Waals surface area (Å²) in [6.45, 7) is 0. The van der Waals surface area contributed by atoms with E-state index in [-0.39, 0.29) is 16.9 Å². The predicted molar refractivity (Wildman–Crippen MR) is 74.4 cm³/mol. The molecule has 1 aromatic carbocycles. The summed E-state index contributed by atoms with van der Waals surface area (Å²) in [5.74, 6) is 0.293. The Hall–Kier alpha value is -0.600. The Morgan fingerprint density at radius 1 is 1.22 bits per heavy atom. The lowest BCUT2D eigenvalue weighted by Crippen LogP contribution is -2.25. The Bertz CT molecular complexity index is 386. The quantitative estimate of drug-likeness (QED) is 0.784. The average Bonchev–Trinajstić information content (AvgIpc) is 2.64. The van der Waals surface area contributed by atoms with Gasteiger partial charge in [-0.1, -0.05) is 43.4 Å². The molecule has 3 heteroatoms. The number of halogens is 2. The molecule has 0 aromatic heterocycles. The molecule has 1 saturated carbocycles. The zero-order valence-corrected chi connectivity index (χ0v) is 11.6. The highest BCUT2D eigenvalue weighted by atomic mass is 35.5. The van der Waals surface area contributed by atoms with E-state index in [1.165, 1.54) is 38.5 Å². The summed E-state index contributed by atoms with van der Waals surface area (Å²) in [6, 6.07) is 5.42. The molecule has 1 unspecified atom stereocenters. The predicted octanol–water partition coefficient (Wildman–Crippen LogP) is 4.71. The van der Waals surface area contributed by atoms with Gasteiger partial charge in [0.1, 0.15) is 5.82 Å². The van der Waals surface area contributed by atoms with Gasteiger partial charge in [0, 0.05) is 6.04 Å². The van der Waals surface area contributed by atoms with Crippen molar-refractivity contribution in [1.82, 2.24) is 5.32 Å². The van der Waals surface area contributed by atoms with Crippen molar-refractivity contribution in [1.29, 1.82) is 0 Å². The summed E-state index contributed by atoms with van der Waals surface area (Å²) in [6.07, 6.45) is 7.72. The molecule has 1 N–H and O–H groups in total. The highest BCUT2D eigenvalue weighted by Gasteiger charge is 2.23. The van der Waals surface area contributed by atoms with Crippen molar-refractivity contribution in [3.8, 4) is 0 Å². The lowest BCUT2D eigenvalue weighted by molar-refractivity contribution is 0.341. The first-order chi connectivity index (χ1) is 8.72. The first-order valence-electron chi connectivity index (χ1n) is 6.84. The van der Waals surface area contributed by atoms with Crippen LogP contribution in [0.4, 0.5) is 4.39 Å². The van der Waals surface area contributed by atoms with Crippen LogP contribution in [0.5, 0.6) is 0 Å². The molecule has 0 heterocycles. The van der Waals surface area contributed by atoms with Crippen LogP contribution in [0.1, 0.15) is 50.1 Å². The molecule has 1 atom stereocenters. The van der Waals surface area contributed by atoms with Gasteiger partial charge in [-0.25, -0.2) is 4.39 Å². The van der Waals surface area contributed by atoms with Crippen molar-refractivity contribution in [3.05, 3.63) is 34.6 Å². The average molecular weight is 270 g/mol. The molecule has 0 saturated heterocycles. The molecule has 0 aliphatic heterocycles. The van der Waals surface area contributed by atoms with Gasteiger partial charge < -0.3 is 5.32 Å². The second-order valence-corrected chi connectivity index (χ2v) is 5.60. The Balaban J connectivity index is 2.17. The molecule has 0 spiro atoms. The van der Waals surface area contributed by atoms with Gasteiger partial charge in [0.25, 0.3) is 0 Å². The fraction of sp³-hybridized carbons (Fsp3) is 0.600. The molecule has 0 radical (unpaired) electrons. The summed E-state index contributed by atoms with van der Waals surface area (Å²) in [5.41, 5.74) is 1.02. The molecule has 100 valence electrons. The largest absolute Gasteiger partial charge is 0.313 e. The number of nitrogens with one attached hydrogen (secondary N) is 1. The molecule has 1 aliphatic rings. The Labute approximate surface area is 114 Å². The van der Waals surface area contributed by atoms with E-state index in [4.69, 9.17) is 11.6 Å². The van der Waals surface area contributed by atoms with Gasteiger partial charge in [0.2, 0.25) is 0 Å². The second-order valence-electron chi connectivity index (χ2n) is 5.19. The van der Waals surface area contributed by atoms with Crippen LogP contribution in [0.3, 0.4) is 0 Å². The van der Waals surface area contributed by atoms with Crippen molar-refractivity contribution >= 4 is 11.6 Å². The third-order valence-electron chi connectivity index (χ3n) is 3.99. The SMILES string of the molecule is CNC(c1ccc(Cl)c(F)c1)C1CCCCCC1. The van der Waals surface area contributed by atoms with Crippen molar-refractivity contribution in [2.45, 2.75) is 44.6 Å². The van der Waals surface area contributed by atoms with E-state index >= 15 is 0 Å². The molecule has 1 aromatic rings. The van der Waals surface area contributed by atoms with Gasteiger partial charge in [-0.05, 0) is 43.5 Å². The molecule has 1 aliphatic carbocycles. The van der Waals surface area contributed by atoms with E-state index in [2.05, 4.69) is 5.32 Å². The first-order valence-corrected chi connectivity index (χ1v) is 7.22. The Morgan fingerprint density at radius 3 is 2.44 bits per heavy atom. The molecular weight excluding hydrogens is 249 g/mol. The standard InChI is InChI=1S/C15H21ClFN/c1-18-15(11-6-4-2-3-5-7-11)12-8-9-13(16)14(17)10-12/h8-11,15,18H,2-7H2,1H3. The minimum Gasteiger partial charge on any atom is -0.313 e. The van der Waals surface area contributed by atoms with Gasteiger partial charge in [-0.2, -0.15) is 0 Å². The fourth-order valence-corrected chi connectivity index (χ4v) is 3.14. The maximum atomic E-state index is 13.6. The Kier molecular flexibility index (Phi) is 5.02. The number of benzene rings is 1. The van der Waals surface area contributed by atoms with Crippen LogP contribution in [-0.2, 0) is 0 Å². The van der Waals surface area contributed by atoms with Crippen LogP contribution in [0.25, 0.3) is 0 Å². The van der Waals surface area contributed by atoms with Crippen LogP contribution in [-0.4, -0.2) is 7.05 Å². The summed E-state index contributed by atoms with van der Waals surface area (Å²) < 4.78 is 13.6. The van der Waals surface area contributed by atoms with Crippen LogP contribution in [0.2, 0.25) is 5.02 Å². The summed E-state index contributed by atoms with van der Waals surface area (Å²) in [4.78, 5) is 0. The van der Waals surface area contributed by atoms with Crippen LogP contribution in [0.15, 0.2) is 18.2 Å². The van der Waals surface area contributed by atoms with E-state index in [0.717, 1.165) is 5.56 Å². The van der Waals surface area contributed by atoms with Gasteiger partial charge in [0.05, 0.1) is 5.02 Å². The topological polar surface area (TPSA) is 12.0 Å². The highest BCUT2D eigenvalue weighted by molar-refractivity contribution is 6.30.